The largest absolute Gasteiger partial charge is 0.365 e. The van der Waals surface area contributed by atoms with Crippen molar-refractivity contribution in [1.29, 1.82) is 0 Å². The van der Waals surface area contributed by atoms with Crippen molar-refractivity contribution in [3.8, 4) is 0 Å². The minimum absolute atomic E-state index is 0.00788. The van der Waals surface area contributed by atoms with Gasteiger partial charge in [-0.1, -0.05) is 13.0 Å². The summed E-state index contributed by atoms with van der Waals surface area (Å²) in [6.45, 7) is 9.75. The van der Waals surface area contributed by atoms with Crippen molar-refractivity contribution in [3.63, 3.8) is 0 Å². The standard InChI is InChI=1S/C24H31FN4OS/c1-16(14-19-6-5-13-31-19)23(30)28-11-9-17(10-12-28)21-22(27-24(2,3)4)29-15-18(25)7-8-20(29)26-21/h5-8,13,15-17,27H,9-12,14H2,1-4H3/t16-/m0/s1. The van der Waals surface area contributed by atoms with Gasteiger partial charge in [-0.25, -0.2) is 9.37 Å². The first-order chi connectivity index (χ1) is 14.7. The van der Waals surface area contributed by atoms with Crippen molar-refractivity contribution in [2.45, 2.75) is 58.4 Å². The van der Waals surface area contributed by atoms with Crippen LogP contribution < -0.4 is 5.32 Å². The van der Waals surface area contributed by atoms with Gasteiger partial charge in [-0.05, 0) is 63.6 Å². The van der Waals surface area contributed by atoms with Crippen LogP contribution in [0, 0.1) is 11.7 Å². The molecule has 0 bridgehead atoms. The summed E-state index contributed by atoms with van der Waals surface area (Å²) in [5.74, 6) is 1.04. The summed E-state index contributed by atoms with van der Waals surface area (Å²) in [5.41, 5.74) is 1.54. The second kappa shape index (κ2) is 8.61. The normalized spacial score (nSPS) is 16.6. The van der Waals surface area contributed by atoms with Crippen LogP contribution in [0.4, 0.5) is 10.2 Å². The van der Waals surface area contributed by atoms with Gasteiger partial charge in [0.05, 0.1) is 5.69 Å². The van der Waals surface area contributed by atoms with Crippen LogP contribution in [-0.4, -0.2) is 38.8 Å². The molecule has 1 aliphatic heterocycles. The van der Waals surface area contributed by atoms with Gasteiger partial charge in [-0.2, -0.15) is 0 Å². The van der Waals surface area contributed by atoms with Crippen molar-refractivity contribution in [1.82, 2.24) is 14.3 Å². The van der Waals surface area contributed by atoms with Crippen LogP contribution in [-0.2, 0) is 11.2 Å². The molecule has 0 unspecified atom stereocenters. The summed E-state index contributed by atoms with van der Waals surface area (Å²) >= 11 is 1.71. The van der Waals surface area contributed by atoms with Gasteiger partial charge in [0.1, 0.15) is 17.3 Å². The summed E-state index contributed by atoms with van der Waals surface area (Å²) in [5, 5.41) is 5.59. The van der Waals surface area contributed by atoms with Crippen LogP contribution in [0.15, 0.2) is 35.8 Å². The molecular formula is C24H31FN4OS. The predicted octanol–water partition coefficient (Wildman–Crippen LogP) is 5.33. The molecule has 1 aliphatic rings. The van der Waals surface area contributed by atoms with Gasteiger partial charge in [0.25, 0.3) is 0 Å². The predicted molar refractivity (Wildman–Crippen MR) is 124 cm³/mol. The van der Waals surface area contributed by atoms with Crippen LogP contribution in [0.25, 0.3) is 5.65 Å². The lowest BCUT2D eigenvalue weighted by Crippen LogP contribution is -2.41. The number of carbonyl (C=O) groups is 1. The quantitative estimate of drug-likeness (QED) is 0.581. The van der Waals surface area contributed by atoms with E-state index in [0.29, 0.717) is 0 Å². The van der Waals surface area contributed by atoms with E-state index in [1.165, 1.54) is 17.1 Å². The van der Waals surface area contributed by atoms with Crippen molar-refractivity contribution >= 4 is 28.7 Å². The number of piperidine rings is 1. The molecule has 1 amide bonds. The van der Waals surface area contributed by atoms with E-state index in [1.54, 1.807) is 17.4 Å². The van der Waals surface area contributed by atoms with Gasteiger partial charge in [0.2, 0.25) is 5.91 Å². The molecule has 0 spiro atoms. The highest BCUT2D eigenvalue weighted by molar-refractivity contribution is 7.09. The van der Waals surface area contributed by atoms with Crippen LogP contribution in [0.5, 0.6) is 0 Å². The summed E-state index contributed by atoms with van der Waals surface area (Å²) in [6, 6.07) is 7.30. The number of fused-ring (bicyclic) bond motifs is 1. The lowest BCUT2D eigenvalue weighted by Gasteiger charge is -2.34. The molecule has 1 atom stereocenters. The Morgan fingerprint density at radius 2 is 2.03 bits per heavy atom. The molecule has 4 heterocycles. The Balaban J connectivity index is 1.49. The molecule has 7 heteroatoms. The third kappa shape index (κ3) is 4.92. The van der Waals surface area contributed by atoms with Crippen LogP contribution in [0.3, 0.4) is 0 Å². The first-order valence-corrected chi connectivity index (χ1v) is 11.9. The lowest BCUT2D eigenvalue weighted by molar-refractivity contribution is -0.136. The Morgan fingerprint density at radius 1 is 1.29 bits per heavy atom. The molecule has 166 valence electrons. The zero-order valence-electron chi connectivity index (χ0n) is 18.7. The number of nitrogens with zero attached hydrogens (tertiary/aromatic N) is 3. The monoisotopic (exact) mass is 442 g/mol. The number of thiophene rings is 1. The number of imidazole rings is 1. The summed E-state index contributed by atoms with van der Waals surface area (Å²) in [7, 11) is 0. The molecule has 4 rings (SSSR count). The molecule has 3 aromatic heterocycles. The van der Waals surface area contributed by atoms with Crippen LogP contribution >= 0.6 is 11.3 Å². The van der Waals surface area contributed by atoms with Gasteiger partial charge in [0, 0.05) is 41.5 Å². The van der Waals surface area contributed by atoms with Gasteiger partial charge >= 0.3 is 0 Å². The fourth-order valence-electron chi connectivity index (χ4n) is 4.30. The fraction of sp³-hybridized carbons (Fsp3) is 0.500. The van der Waals surface area contributed by atoms with E-state index in [2.05, 4.69) is 37.5 Å². The third-order valence-corrected chi connectivity index (χ3v) is 6.70. The Kier molecular flexibility index (Phi) is 6.06. The highest BCUT2D eigenvalue weighted by atomic mass is 32.1. The zero-order valence-corrected chi connectivity index (χ0v) is 19.5. The zero-order chi connectivity index (χ0) is 22.2. The highest BCUT2D eigenvalue weighted by Crippen LogP contribution is 2.35. The highest BCUT2D eigenvalue weighted by Gasteiger charge is 2.31. The molecule has 0 radical (unpaired) electrons. The molecule has 0 aromatic carbocycles. The third-order valence-electron chi connectivity index (χ3n) is 5.81. The first kappa shape index (κ1) is 21.8. The Bertz CT molecular complexity index is 1050. The van der Waals surface area contributed by atoms with Gasteiger partial charge in [-0.15, -0.1) is 11.3 Å². The number of likely N-dealkylation sites (tertiary alicyclic amines) is 1. The average molecular weight is 443 g/mol. The second-order valence-electron chi connectivity index (χ2n) is 9.58. The number of aromatic nitrogens is 2. The summed E-state index contributed by atoms with van der Waals surface area (Å²) in [6.07, 6.45) is 4.02. The number of nitrogens with one attached hydrogen (secondary N) is 1. The number of hydrogen-bond donors (Lipinski definition) is 1. The number of carbonyl (C=O) groups excluding carboxylic acids is 1. The maximum atomic E-state index is 13.9. The fourth-order valence-corrected chi connectivity index (χ4v) is 5.14. The minimum Gasteiger partial charge on any atom is -0.365 e. The van der Waals surface area contributed by atoms with Gasteiger partial charge in [-0.3, -0.25) is 9.20 Å². The van der Waals surface area contributed by atoms with Crippen molar-refractivity contribution in [3.05, 3.63) is 52.2 Å². The van der Waals surface area contributed by atoms with E-state index in [0.717, 1.165) is 49.5 Å². The second-order valence-corrected chi connectivity index (χ2v) is 10.6. The summed E-state index contributed by atoms with van der Waals surface area (Å²) in [4.78, 5) is 21.1. The number of rotatable bonds is 5. The van der Waals surface area contributed by atoms with Crippen molar-refractivity contribution in [2.24, 2.45) is 5.92 Å². The number of amides is 1. The maximum Gasteiger partial charge on any atom is 0.225 e. The topological polar surface area (TPSA) is 49.6 Å². The average Bonchev–Trinajstić information content (AvgIpc) is 3.35. The Labute approximate surface area is 187 Å². The molecular weight excluding hydrogens is 411 g/mol. The van der Waals surface area contributed by atoms with Crippen LogP contribution in [0.2, 0.25) is 0 Å². The molecule has 0 saturated carbocycles. The molecule has 1 saturated heterocycles. The molecule has 1 N–H and O–H groups in total. The minimum atomic E-state index is -0.284. The smallest absolute Gasteiger partial charge is 0.225 e. The van der Waals surface area contributed by atoms with E-state index >= 15 is 0 Å². The van der Waals surface area contributed by atoms with E-state index in [9.17, 15) is 9.18 Å². The SMILES string of the molecule is C[C@@H](Cc1cccs1)C(=O)N1CCC(c2nc3ccc(F)cn3c2NC(C)(C)C)CC1. The van der Waals surface area contributed by atoms with Crippen LogP contribution in [0.1, 0.15) is 57.0 Å². The lowest BCUT2D eigenvalue weighted by atomic mass is 9.92. The number of pyridine rings is 1. The van der Waals surface area contributed by atoms with E-state index in [1.807, 2.05) is 22.3 Å². The van der Waals surface area contributed by atoms with E-state index in [4.69, 9.17) is 4.98 Å². The molecule has 31 heavy (non-hydrogen) atoms. The summed E-state index contributed by atoms with van der Waals surface area (Å²) < 4.78 is 15.7. The van der Waals surface area contributed by atoms with Gasteiger partial charge < -0.3 is 10.2 Å². The molecule has 0 aliphatic carbocycles. The Morgan fingerprint density at radius 3 is 2.68 bits per heavy atom. The number of hydrogen-bond acceptors (Lipinski definition) is 4. The molecule has 5 nitrogen and oxygen atoms in total. The van der Waals surface area contributed by atoms with Crippen molar-refractivity contribution < 1.29 is 9.18 Å². The maximum absolute atomic E-state index is 13.9. The molecule has 3 aromatic rings. The van der Waals surface area contributed by atoms with Gasteiger partial charge in [0.15, 0.2) is 0 Å². The Hall–Kier alpha value is -2.41. The number of anilines is 1. The number of halogens is 1. The molecule has 1 fully saturated rings. The first-order valence-electron chi connectivity index (χ1n) is 11.0. The van der Waals surface area contributed by atoms with Crippen molar-refractivity contribution in [2.75, 3.05) is 18.4 Å². The van der Waals surface area contributed by atoms with E-state index in [-0.39, 0.29) is 29.1 Å². The van der Waals surface area contributed by atoms with E-state index < -0.39 is 0 Å².